The molecule has 2 aromatic carbocycles. The summed E-state index contributed by atoms with van der Waals surface area (Å²) >= 11 is 0. The van der Waals surface area contributed by atoms with Gasteiger partial charge in [0.05, 0.1) is 19.8 Å². The number of amides is 1. The topological polar surface area (TPSA) is 88.7 Å². The maximum atomic E-state index is 13.0. The Morgan fingerprint density at radius 3 is 2.72 bits per heavy atom. The van der Waals surface area contributed by atoms with Crippen molar-refractivity contribution in [2.75, 3.05) is 32.3 Å². The third kappa shape index (κ3) is 4.46. The van der Waals surface area contributed by atoms with Gasteiger partial charge >= 0.3 is 0 Å². The Bertz CT molecular complexity index is 1250. The molecule has 0 saturated heterocycles. The summed E-state index contributed by atoms with van der Waals surface area (Å²) in [4.78, 5) is 18.0. The monoisotopic (exact) mass is 456 g/mol. The van der Waals surface area contributed by atoms with E-state index in [-0.39, 0.29) is 11.9 Å². The van der Waals surface area contributed by atoms with Crippen molar-refractivity contribution in [2.24, 2.45) is 0 Å². The number of nitrogens with zero attached hydrogens (tertiary/aromatic N) is 1. The van der Waals surface area contributed by atoms with Crippen molar-refractivity contribution in [3.05, 3.63) is 59.3 Å². The summed E-state index contributed by atoms with van der Waals surface area (Å²) in [6.45, 7) is 2.84. The van der Waals surface area contributed by atoms with Crippen LogP contribution in [0.1, 0.15) is 29.7 Å². The number of fused-ring (bicyclic) bond motifs is 2. The zero-order chi connectivity index (χ0) is 22.9. The van der Waals surface area contributed by atoms with Gasteiger partial charge in [0, 0.05) is 29.9 Å². The first-order chi connectivity index (χ1) is 15.3. The molecule has 3 aromatic rings. The van der Waals surface area contributed by atoms with E-state index in [2.05, 4.69) is 4.98 Å². The summed E-state index contributed by atoms with van der Waals surface area (Å²) in [7, 11) is -1.83. The van der Waals surface area contributed by atoms with Gasteiger partial charge in [-0.2, -0.15) is 0 Å². The van der Waals surface area contributed by atoms with Crippen LogP contribution in [0.2, 0.25) is 0 Å². The van der Waals surface area contributed by atoms with E-state index in [1.54, 1.807) is 12.0 Å². The number of hydrogen-bond donors (Lipinski definition) is 1. The summed E-state index contributed by atoms with van der Waals surface area (Å²) in [5.74, 6) is 0.403. The molecule has 1 aliphatic rings. The third-order valence-electron chi connectivity index (χ3n) is 5.88. The lowest BCUT2D eigenvalue weighted by atomic mass is 9.88. The van der Waals surface area contributed by atoms with Gasteiger partial charge in [-0.1, -0.05) is 18.2 Å². The number of methoxy groups -OCH3 is 1. The number of aromatic amines is 1. The van der Waals surface area contributed by atoms with E-state index in [0.29, 0.717) is 37.5 Å². The zero-order valence-electron chi connectivity index (χ0n) is 18.6. The Kier molecular flexibility index (Phi) is 6.15. The van der Waals surface area contributed by atoms with E-state index in [4.69, 9.17) is 9.47 Å². The molecule has 0 radical (unpaired) electrons. The van der Waals surface area contributed by atoms with Gasteiger partial charge in [-0.25, -0.2) is 8.42 Å². The van der Waals surface area contributed by atoms with Crippen LogP contribution in [-0.2, 0) is 27.5 Å². The van der Waals surface area contributed by atoms with Gasteiger partial charge in [0.15, 0.2) is 21.3 Å². The SMILES string of the molecule is CCOc1cc2c(cc1OC)CCN(C(=O)CS(C)(=O)=O)C2Cc1c[nH]c2ccccc12. The molecule has 0 aliphatic carbocycles. The predicted octanol–water partition coefficient (Wildman–Crippen LogP) is 3.29. The van der Waals surface area contributed by atoms with E-state index >= 15 is 0 Å². The molecule has 1 aliphatic heterocycles. The van der Waals surface area contributed by atoms with E-state index in [9.17, 15) is 13.2 Å². The number of rotatable bonds is 7. The fourth-order valence-electron chi connectivity index (χ4n) is 4.47. The molecule has 4 rings (SSSR count). The summed E-state index contributed by atoms with van der Waals surface area (Å²) in [6, 6.07) is 11.6. The van der Waals surface area contributed by atoms with Crippen LogP contribution in [0.4, 0.5) is 0 Å². The van der Waals surface area contributed by atoms with Crippen molar-refractivity contribution in [3.8, 4) is 11.5 Å². The molecule has 2 heterocycles. The highest BCUT2D eigenvalue weighted by Crippen LogP contribution is 2.40. The maximum absolute atomic E-state index is 13.0. The third-order valence-corrected chi connectivity index (χ3v) is 6.65. The molecule has 1 atom stereocenters. The Hall–Kier alpha value is -3.00. The van der Waals surface area contributed by atoms with Gasteiger partial charge in [-0.15, -0.1) is 0 Å². The average molecular weight is 457 g/mol. The van der Waals surface area contributed by atoms with Gasteiger partial charge < -0.3 is 19.4 Å². The molecule has 0 bridgehead atoms. The molecule has 32 heavy (non-hydrogen) atoms. The second-order valence-corrected chi connectivity index (χ2v) is 10.3. The number of H-pyrrole nitrogens is 1. The zero-order valence-corrected chi connectivity index (χ0v) is 19.4. The summed E-state index contributed by atoms with van der Waals surface area (Å²) in [6.07, 6.45) is 4.24. The number of ether oxygens (including phenoxy) is 2. The van der Waals surface area contributed by atoms with Crippen LogP contribution in [0.3, 0.4) is 0 Å². The molecule has 1 aromatic heterocycles. The quantitative estimate of drug-likeness (QED) is 0.589. The number of carbonyl (C=O) groups is 1. The van der Waals surface area contributed by atoms with Crippen molar-refractivity contribution in [1.82, 2.24) is 9.88 Å². The molecule has 1 N–H and O–H groups in total. The van der Waals surface area contributed by atoms with Crippen LogP contribution in [0.25, 0.3) is 10.9 Å². The standard InChI is InChI=1S/C24H28N2O5S/c1-4-31-23-13-19-16(12-22(23)30-2)9-10-26(24(27)15-32(3,28)29)21(19)11-17-14-25-20-8-6-5-7-18(17)20/h5-8,12-14,21,25H,4,9-11,15H2,1-3H3. The highest BCUT2D eigenvalue weighted by molar-refractivity contribution is 7.91. The first-order valence-electron chi connectivity index (χ1n) is 10.7. The van der Waals surface area contributed by atoms with Crippen LogP contribution in [0.5, 0.6) is 11.5 Å². The number of carbonyl (C=O) groups excluding carboxylic acids is 1. The number of sulfone groups is 1. The number of nitrogens with one attached hydrogen (secondary N) is 1. The van der Waals surface area contributed by atoms with Crippen molar-refractivity contribution < 1.29 is 22.7 Å². The van der Waals surface area contributed by atoms with E-state index in [1.165, 1.54) is 0 Å². The minimum Gasteiger partial charge on any atom is -0.493 e. The molecule has 8 heteroatoms. The van der Waals surface area contributed by atoms with Gasteiger partial charge in [0.2, 0.25) is 5.91 Å². The molecule has 0 spiro atoms. The minimum absolute atomic E-state index is 0.308. The molecule has 170 valence electrons. The molecular formula is C24H28N2O5S. The van der Waals surface area contributed by atoms with Crippen molar-refractivity contribution in [1.29, 1.82) is 0 Å². The predicted molar refractivity (Wildman–Crippen MR) is 124 cm³/mol. The largest absolute Gasteiger partial charge is 0.493 e. The first kappa shape index (κ1) is 22.2. The number of benzene rings is 2. The molecule has 7 nitrogen and oxygen atoms in total. The molecule has 1 amide bonds. The minimum atomic E-state index is -3.44. The smallest absolute Gasteiger partial charge is 0.238 e. The van der Waals surface area contributed by atoms with Gasteiger partial charge in [0.1, 0.15) is 5.75 Å². The normalized spacial score (nSPS) is 16.1. The lowest BCUT2D eigenvalue weighted by Crippen LogP contribution is -2.43. The fourth-order valence-corrected chi connectivity index (χ4v) is 5.09. The van der Waals surface area contributed by atoms with E-state index in [1.807, 2.05) is 49.5 Å². The lowest BCUT2D eigenvalue weighted by molar-refractivity contribution is -0.131. The Balaban J connectivity index is 1.80. The van der Waals surface area contributed by atoms with E-state index in [0.717, 1.165) is 33.8 Å². The van der Waals surface area contributed by atoms with Crippen LogP contribution in [0, 0.1) is 0 Å². The molecular weight excluding hydrogens is 428 g/mol. The van der Waals surface area contributed by atoms with Crippen LogP contribution in [-0.4, -0.2) is 56.5 Å². The van der Waals surface area contributed by atoms with Gasteiger partial charge in [0.25, 0.3) is 0 Å². The Morgan fingerprint density at radius 1 is 1.22 bits per heavy atom. The van der Waals surface area contributed by atoms with Crippen LogP contribution >= 0.6 is 0 Å². The van der Waals surface area contributed by atoms with Crippen molar-refractivity contribution in [3.63, 3.8) is 0 Å². The average Bonchev–Trinajstić information content (AvgIpc) is 3.15. The summed E-state index contributed by atoms with van der Waals surface area (Å²) in [5.41, 5.74) is 4.15. The Morgan fingerprint density at radius 2 is 2.00 bits per heavy atom. The Labute approximate surface area is 188 Å². The highest BCUT2D eigenvalue weighted by Gasteiger charge is 2.34. The summed E-state index contributed by atoms with van der Waals surface area (Å²) in [5, 5.41) is 1.09. The summed E-state index contributed by atoms with van der Waals surface area (Å²) < 4.78 is 35.0. The lowest BCUT2D eigenvalue weighted by Gasteiger charge is -2.38. The second kappa shape index (κ2) is 8.86. The second-order valence-electron chi connectivity index (χ2n) is 8.12. The number of hydrogen-bond acceptors (Lipinski definition) is 5. The van der Waals surface area contributed by atoms with Gasteiger partial charge in [-0.05, 0) is 54.7 Å². The highest BCUT2D eigenvalue weighted by atomic mass is 32.2. The molecule has 0 fully saturated rings. The van der Waals surface area contributed by atoms with Crippen LogP contribution in [0.15, 0.2) is 42.6 Å². The number of aromatic nitrogens is 1. The van der Waals surface area contributed by atoms with Crippen molar-refractivity contribution >= 4 is 26.6 Å². The fraction of sp³-hybridized carbons (Fsp3) is 0.375. The van der Waals surface area contributed by atoms with Crippen LogP contribution < -0.4 is 9.47 Å². The van der Waals surface area contributed by atoms with E-state index < -0.39 is 15.6 Å². The van der Waals surface area contributed by atoms with Crippen molar-refractivity contribution in [2.45, 2.75) is 25.8 Å². The first-order valence-corrected chi connectivity index (χ1v) is 12.7. The molecule has 0 saturated carbocycles. The molecule has 1 unspecified atom stereocenters. The number of para-hydroxylation sites is 1. The maximum Gasteiger partial charge on any atom is 0.238 e. The van der Waals surface area contributed by atoms with Gasteiger partial charge in [-0.3, -0.25) is 4.79 Å².